The van der Waals surface area contributed by atoms with Crippen LogP contribution in [0.4, 0.5) is 5.69 Å². The Morgan fingerprint density at radius 2 is 1.61 bits per heavy atom. The average Bonchev–Trinajstić information content (AvgIpc) is 3.60. The highest BCUT2D eigenvalue weighted by atomic mass is 16.5. The van der Waals surface area contributed by atoms with Gasteiger partial charge in [-0.2, -0.15) is 0 Å². The van der Waals surface area contributed by atoms with Gasteiger partial charge in [0.2, 0.25) is 0 Å². The maximum absolute atomic E-state index is 10.5. The molecule has 5 nitrogen and oxygen atoms in total. The molecule has 1 heterocycles. The largest absolute Gasteiger partial charge is 0.508 e. The third kappa shape index (κ3) is 6.10. The Balaban J connectivity index is 1.18. The summed E-state index contributed by atoms with van der Waals surface area (Å²) in [5.74, 6) is 2.74. The summed E-state index contributed by atoms with van der Waals surface area (Å²) in [5.41, 5.74) is 6.33. The maximum atomic E-state index is 10.5. The second-order valence-corrected chi connectivity index (χ2v) is 11.5. The highest BCUT2D eigenvalue weighted by molar-refractivity contribution is 5.60. The molecule has 0 radical (unpaired) electrons. The Morgan fingerprint density at radius 1 is 0.842 bits per heavy atom. The molecular weight excluding hydrogens is 472 g/mol. The molecule has 0 amide bonds. The van der Waals surface area contributed by atoms with Crippen LogP contribution >= 0.6 is 0 Å². The van der Waals surface area contributed by atoms with Crippen LogP contribution in [-0.2, 0) is 19.4 Å². The van der Waals surface area contributed by atoms with Gasteiger partial charge < -0.3 is 19.8 Å². The molecule has 6 rings (SSSR count). The van der Waals surface area contributed by atoms with E-state index in [2.05, 4.69) is 46.2 Å². The standard InChI is InChI=1S/C33H40N2O3/c36-29-10-9-26-19-28(8-7-27(26)20-29)32-14-11-30(37)21-33(32)35(22-24-3-4-24)23-25-5-12-31(13-6-25)38-18-17-34-15-1-2-16-34/h5-6,9-14,20-21,24,28,36-37H,1-4,7-8,15-19,22-23H2. The molecule has 200 valence electrons. The third-order valence-electron chi connectivity index (χ3n) is 8.56. The average molecular weight is 513 g/mol. The Kier molecular flexibility index (Phi) is 7.46. The number of aromatic hydroxyl groups is 2. The lowest BCUT2D eigenvalue weighted by Crippen LogP contribution is -2.27. The molecule has 2 fully saturated rings. The number of likely N-dealkylation sites (tertiary alicyclic amines) is 1. The minimum absolute atomic E-state index is 0.326. The lowest BCUT2D eigenvalue weighted by molar-refractivity contribution is 0.238. The van der Waals surface area contributed by atoms with Crippen molar-refractivity contribution in [3.05, 3.63) is 82.9 Å². The van der Waals surface area contributed by atoms with E-state index in [0.29, 0.717) is 17.4 Å². The molecule has 2 aliphatic carbocycles. The van der Waals surface area contributed by atoms with E-state index in [-0.39, 0.29) is 0 Å². The van der Waals surface area contributed by atoms with Gasteiger partial charge in [0.15, 0.2) is 0 Å². The molecular formula is C33H40N2O3. The Labute approximate surface area is 226 Å². The molecule has 5 heteroatoms. The number of rotatable bonds is 10. The lowest BCUT2D eigenvalue weighted by Gasteiger charge is -2.32. The van der Waals surface area contributed by atoms with Gasteiger partial charge in [-0.25, -0.2) is 0 Å². The van der Waals surface area contributed by atoms with Crippen molar-refractivity contribution in [3.8, 4) is 17.2 Å². The quantitative estimate of drug-likeness (QED) is 0.336. The fourth-order valence-corrected chi connectivity index (χ4v) is 6.23. The minimum atomic E-state index is 0.326. The number of ether oxygens (including phenoxy) is 1. The van der Waals surface area contributed by atoms with Gasteiger partial charge in [-0.05, 0) is 122 Å². The van der Waals surface area contributed by atoms with Gasteiger partial charge in [-0.1, -0.05) is 24.3 Å². The smallest absolute Gasteiger partial charge is 0.119 e. The summed E-state index contributed by atoms with van der Waals surface area (Å²) in [4.78, 5) is 4.97. The van der Waals surface area contributed by atoms with Crippen LogP contribution < -0.4 is 9.64 Å². The van der Waals surface area contributed by atoms with Gasteiger partial charge in [-0.3, -0.25) is 4.90 Å². The van der Waals surface area contributed by atoms with Crippen LogP contribution in [0.25, 0.3) is 0 Å². The SMILES string of the molecule is Oc1ccc2c(c1)CCC(c1ccc(O)cc1N(Cc1ccc(OCCN3CCCC3)cc1)CC1CC1)C2. The van der Waals surface area contributed by atoms with Gasteiger partial charge >= 0.3 is 0 Å². The van der Waals surface area contributed by atoms with E-state index >= 15 is 0 Å². The van der Waals surface area contributed by atoms with Crippen molar-refractivity contribution in [2.45, 2.75) is 57.4 Å². The van der Waals surface area contributed by atoms with Crippen LogP contribution in [0.2, 0.25) is 0 Å². The second-order valence-electron chi connectivity index (χ2n) is 11.5. The number of phenolic OH excluding ortho intramolecular Hbond substituents is 2. The third-order valence-corrected chi connectivity index (χ3v) is 8.56. The molecule has 0 spiro atoms. The van der Waals surface area contributed by atoms with Gasteiger partial charge in [0.25, 0.3) is 0 Å². The number of fused-ring (bicyclic) bond motifs is 1. The summed E-state index contributed by atoms with van der Waals surface area (Å²) < 4.78 is 6.03. The van der Waals surface area contributed by atoms with E-state index in [1.165, 1.54) is 61.0 Å². The first-order chi connectivity index (χ1) is 18.6. The van der Waals surface area contributed by atoms with Crippen molar-refractivity contribution in [2.24, 2.45) is 5.92 Å². The Bertz CT molecular complexity index is 1230. The minimum Gasteiger partial charge on any atom is -0.508 e. The molecule has 0 aromatic heterocycles. The van der Waals surface area contributed by atoms with Crippen molar-refractivity contribution in [2.75, 3.05) is 37.7 Å². The monoisotopic (exact) mass is 512 g/mol. The maximum Gasteiger partial charge on any atom is 0.119 e. The summed E-state index contributed by atoms with van der Waals surface area (Å²) >= 11 is 0. The molecule has 3 aromatic carbocycles. The summed E-state index contributed by atoms with van der Waals surface area (Å²) in [5, 5.41) is 20.4. The van der Waals surface area contributed by atoms with Crippen LogP contribution in [0.1, 0.15) is 60.3 Å². The lowest BCUT2D eigenvalue weighted by atomic mass is 9.79. The van der Waals surface area contributed by atoms with E-state index in [1.807, 2.05) is 18.2 Å². The number of hydrogen-bond donors (Lipinski definition) is 2. The van der Waals surface area contributed by atoms with Crippen molar-refractivity contribution in [1.29, 1.82) is 0 Å². The zero-order chi connectivity index (χ0) is 25.9. The molecule has 1 atom stereocenters. The predicted molar refractivity (Wildman–Crippen MR) is 152 cm³/mol. The number of aryl methyl sites for hydroxylation is 1. The topological polar surface area (TPSA) is 56.2 Å². The fourth-order valence-electron chi connectivity index (χ4n) is 6.23. The van der Waals surface area contributed by atoms with Gasteiger partial charge in [0, 0.05) is 31.4 Å². The summed E-state index contributed by atoms with van der Waals surface area (Å²) in [7, 11) is 0. The van der Waals surface area contributed by atoms with Crippen molar-refractivity contribution in [1.82, 2.24) is 4.90 Å². The van der Waals surface area contributed by atoms with Crippen LogP contribution in [0.5, 0.6) is 17.2 Å². The highest BCUT2D eigenvalue weighted by Crippen LogP contribution is 2.41. The molecule has 3 aliphatic rings. The Morgan fingerprint density at radius 3 is 2.39 bits per heavy atom. The molecule has 3 aromatic rings. The molecule has 1 unspecified atom stereocenters. The zero-order valence-corrected chi connectivity index (χ0v) is 22.3. The van der Waals surface area contributed by atoms with E-state index in [1.54, 1.807) is 6.07 Å². The summed E-state index contributed by atoms with van der Waals surface area (Å²) in [6.45, 7) is 5.98. The first-order valence-corrected chi connectivity index (χ1v) is 14.4. The summed E-state index contributed by atoms with van der Waals surface area (Å²) in [6, 6.07) is 20.3. The first-order valence-electron chi connectivity index (χ1n) is 14.4. The number of hydrogen-bond acceptors (Lipinski definition) is 5. The molecule has 0 bridgehead atoms. The van der Waals surface area contributed by atoms with E-state index in [0.717, 1.165) is 62.9 Å². The van der Waals surface area contributed by atoms with E-state index < -0.39 is 0 Å². The Hall–Kier alpha value is -3.18. The zero-order valence-electron chi connectivity index (χ0n) is 22.3. The predicted octanol–water partition coefficient (Wildman–Crippen LogP) is 6.26. The van der Waals surface area contributed by atoms with Gasteiger partial charge in [-0.15, -0.1) is 0 Å². The van der Waals surface area contributed by atoms with Gasteiger partial charge in [0.05, 0.1) is 0 Å². The van der Waals surface area contributed by atoms with Crippen molar-refractivity contribution >= 4 is 5.69 Å². The van der Waals surface area contributed by atoms with E-state index in [4.69, 9.17) is 4.74 Å². The van der Waals surface area contributed by atoms with Crippen LogP contribution in [0.15, 0.2) is 60.7 Å². The van der Waals surface area contributed by atoms with Crippen molar-refractivity contribution in [3.63, 3.8) is 0 Å². The molecule has 1 saturated heterocycles. The molecule has 38 heavy (non-hydrogen) atoms. The highest BCUT2D eigenvalue weighted by Gasteiger charge is 2.29. The van der Waals surface area contributed by atoms with Crippen LogP contribution in [-0.4, -0.2) is 47.9 Å². The number of phenols is 2. The molecule has 2 N–H and O–H groups in total. The van der Waals surface area contributed by atoms with Gasteiger partial charge in [0.1, 0.15) is 23.9 Å². The molecule has 1 saturated carbocycles. The van der Waals surface area contributed by atoms with E-state index in [9.17, 15) is 10.2 Å². The fraction of sp³-hybridized carbons (Fsp3) is 0.455. The van der Waals surface area contributed by atoms with Crippen molar-refractivity contribution < 1.29 is 14.9 Å². The summed E-state index contributed by atoms with van der Waals surface area (Å²) in [6.07, 6.45) is 8.18. The number of anilines is 1. The normalized spacial score (nSPS) is 19.3. The van der Waals surface area contributed by atoms with Crippen LogP contribution in [0.3, 0.4) is 0 Å². The number of benzene rings is 3. The number of nitrogens with zero attached hydrogens (tertiary/aromatic N) is 2. The molecule has 1 aliphatic heterocycles. The first kappa shape index (κ1) is 25.1. The second kappa shape index (κ2) is 11.3. The van der Waals surface area contributed by atoms with Crippen LogP contribution in [0, 0.1) is 5.92 Å².